The summed E-state index contributed by atoms with van der Waals surface area (Å²) < 4.78 is 0. The molecule has 0 spiro atoms. The molecule has 1 aromatic rings. The number of carbonyl (C=O) groups is 3. The van der Waals surface area contributed by atoms with E-state index >= 15 is 0 Å². The molecule has 1 heterocycles. The molecule has 0 N–H and O–H groups in total. The van der Waals surface area contributed by atoms with E-state index in [1.807, 2.05) is 6.07 Å². The lowest BCUT2D eigenvalue weighted by Gasteiger charge is -2.16. The van der Waals surface area contributed by atoms with Gasteiger partial charge in [-0.2, -0.15) is 5.26 Å². The molecule has 0 bridgehead atoms. The largest absolute Gasteiger partial charge is 0.342 e. The fourth-order valence-electron chi connectivity index (χ4n) is 3.01. The number of nitriles is 1. The second-order valence-corrected chi connectivity index (χ2v) is 6.34. The van der Waals surface area contributed by atoms with Crippen LogP contribution in [0.2, 0.25) is 0 Å². The molecule has 3 rings (SSSR count). The molecular formula is C18H18N2O3. The van der Waals surface area contributed by atoms with Crippen molar-refractivity contribution in [3.8, 4) is 6.07 Å². The summed E-state index contributed by atoms with van der Waals surface area (Å²) in [6.07, 6.45) is 2.39. The maximum atomic E-state index is 12.6. The van der Waals surface area contributed by atoms with Crippen molar-refractivity contribution in [1.82, 2.24) is 4.90 Å². The molecule has 5 heteroatoms. The Labute approximate surface area is 134 Å². The second-order valence-electron chi connectivity index (χ2n) is 6.34. The average Bonchev–Trinajstić information content (AvgIpc) is 3.31. The van der Waals surface area contributed by atoms with Crippen LogP contribution in [0.5, 0.6) is 0 Å². The van der Waals surface area contributed by atoms with E-state index in [0.717, 1.165) is 12.8 Å². The van der Waals surface area contributed by atoms with Crippen LogP contribution < -0.4 is 0 Å². The van der Waals surface area contributed by atoms with Crippen molar-refractivity contribution >= 4 is 17.5 Å². The highest BCUT2D eigenvalue weighted by Gasteiger charge is 2.41. The Hall–Kier alpha value is -2.48. The molecule has 1 aromatic carbocycles. The molecule has 2 aliphatic rings. The van der Waals surface area contributed by atoms with E-state index in [1.165, 1.54) is 0 Å². The first-order valence-corrected chi connectivity index (χ1v) is 7.90. The first-order valence-electron chi connectivity index (χ1n) is 7.90. The normalized spacial score (nSPS) is 21.8. The van der Waals surface area contributed by atoms with E-state index < -0.39 is 23.4 Å². The molecule has 0 radical (unpaired) electrons. The third-order valence-corrected chi connectivity index (χ3v) is 4.53. The van der Waals surface area contributed by atoms with Crippen LogP contribution in [0.4, 0.5) is 0 Å². The summed E-state index contributed by atoms with van der Waals surface area (Å²) in [6.45, 7) is 1.04. The lowest BCUT2D eigenvalue weighted by molar-refractivity contribution is -0.129. The van der Waals surface area contributed by atoms with Gasteiger partial charge in [-0.05, 0) is 18.8 Å². The number of carbonyl (C=O) groups excluding carboxylic acids is 3. The second kappa shape index (κ2) is 6.33. The van der Waals surface area contributed by atoms with Crippen molar-refractivity contribution in [2.24, 2.45) is 17.8 Å². The predicted molar refractivity (Wildman–Crippen MR) is 82.3 cm³/mol. The van der Waals surface area contributed by atoms with Crippen molar-refractivity contribution < 1.29 is 14.4 Å². The molecule has 23 heavy (non-hydrogen) atoms. The molecule has 1 aliphatic heterocycles. The van der Waals surface area contributed by atoms with Crippen molar-refractivity contribution in [1.29, 1.82) is 5.26 Å². The van der Waals surface area contributed by atoms with Crippen molar-refractivity contribution in [3.63, 3.8) is 0 Å². The molecule has 2 fully saturated rings. The summed E-state index contributed by atoms with van der Waals surface area (Å²) in [5.41, 5.74) is 0.353. The standard InChI is InChI=1S/C18H18N2O3/c19-9-15(17(22)13-4-2-1-3-5-13)18(23)14-8-16(21)20(11-14)10-12-6-7-12/h1-5,12,14-15H,6-8,10-11H2/t14-,15+/m1/s1. The number of nitrogens with zero attached hydrogens (tertiary/aromatic N) is 2. The fourth-order valence-corrected chi connectivity index (χ4v) is 3.01. The van der Waals surface area contributed by atoms with Gasteiger partial charge in [-0.25, -0.2) is 0 Å². The minimum atomic E-state index is -1.32. The number of rotatable bonds is 6. The highest BCUT2D eigenvalue weighted by atomic mass is 16.2. The Bertz CT molecular complexity index is 673. The van der Waals surface area contributed by atoms with Crippen molar-refractivity contribution in [2.75, 3.05) is 13.1 Å². The van der Waals surface area contributed by atoms with E-state index in [9.17, 15) is 19.6 Å². The monoisotopic (exact) mass is 310 g/mol. The van der Waals surface area contributed by atoms with Crippen LogP contribution in [0.25, 0.3) is 0 Å². The Balaban J connectivity index is 1.69. The fraction of sp³-hybridized carbons (Fsp3) is 0.444. The van der Waals surface area contributed by atoms with Gasteiger partial charge in [0, 0.05) is 31.0 Å². The van der Waals surface area contributed by atoms with Crippen LogP contribution >= 0.6 is 0 Å². The zero-order chi connectivity index (χ0) is 16.4. The van der Waals surface area contributed by atoms with Crippen LogP contribution in [0.15, 0.2) is 30.3 Å². The summed E-state index contributed by atoms with van der Waals surface area (Å²) in [6, 6.07) is 10.2. The molecule has 1 amide bonds. The van der Waals surface area contributed by atoms with Crippen LogP contribution in [0, 0.1) is 29.1 Å². The first kappa shape index (κ1) is 15.4. The first-order chi connectivity index (χ1) is 11.1. The quantitative estimate of drug-likeness (QED) is 0.593. The number of benzene rings is 1. The summed E-state index contributed by atoms with van der Waals surface area (Å²) >= 11 is 0. The SMILES string of the molecule is N#C[C@@H](C(=O)c1ccccc1)C(=O)[C@@H]1CC(=O)N(CC2CC2)C1. The molecule has 0 aromatic heterocycles. The lowest BCUT2D eigenvalue weighted by atomic mass is 9.87. The van der Waals surface area contributed by atoms with Crippen molar-refractivity contribution in [2.45, 2.75) is 19.3 Å². The molecule has 1 saturated heterocycles. The minimum absolute atomic E-state index is 0.0425. The maximum Gasteiger partial charge on any atom is 0.223 e. The van der Waals surface area contributed by atoms with E-state index in [1.54, 1.807) is 35.2 Å². The molecule has 2 atom stereocenters. The minimum Gasteiger partial charge on any atom is -0.342 e. The smallest absolute Gasteiger partial charge is 0.223 e. The van der Waals surface area contributed by atoms with Gasteiger partial charge in [0.15, 0.2) is 17.5 Å². The van der Waals surface area contributed by atoms with E-state index in [-0.39, 0.29) is 12.3 Å². The van der Waals surface area contributed by atoms with Crippen LogP contribution in [-0.4, -0.2) is 35.5 Å². The van der Waals surface area contributed by atoms with Gasteiger partial charge in [-0.3, -0.25) is 14.4 Å². The Morgan fingerprint density at radius 3 is 2.57 bits per heavy atom. The molecular weight excluding hydrogens is 292 g/mol. The van der Waals surface area contributed by atoms with Crippen molar-refractivity contribution in [3.05, 3.63) is 35.9 Å². The number of likely N-dealkylation sites (tertiary alicyclic amines) is 1. The van der Waals surface area contributed by atoms with Crippen LogP contribution in [0.1, 0.15) is 29.6 Å². The van der Waals surface area contributed by atoms with E-state index in [2.05, 4.69) is 0 Å². The molecule has 1 saturated carbocycles. The number of hydrogen-bond acceptors (Lipinski definition) is 4. The highest BCUT2D eigenvalue weighted by molar-refractivity contribution is 6.14. The van der Waals surface area contributed by atoms with Gasteiger partial charge < -0.3 is 4.90 Å². The third kappa shape index (κ3) is 3.31. The average molecular weight is 310 g/mol. The number of amides is 1. The highest BCUT2D eigenvalue weighted by Crippen LogP contribution is 2.32. The maximum absolute atomic E-state index is 12.6. The van der Waals surface area contributed by atoms with Gasteiger partial charge >= 0.3 is 0 Å². The summed E-state index contributed by atoms with van der Waals surface area (Å²) in [4.78, 5) is 38.7. The van der Waals surface area contributed by atoms with Crippen LogP contribution in [0.3, 0.4) is 0 Å². The molecule has 5 nitrogen and oxygen atoms in total. The Kier molecular flexibility index (Phi) is 4.24. The van der Waals surface area contributed by atoms with Gasteiger partial charge in [-0.1, -0.05) is 30.3 Å². The number of hydrogen-bond donors (Lipinski definition) is 0. The summed E-state index contributed by atoms with van der Waals surface area (Å²) in [5, 5.41) is 9.29. The third-order valence-electron chi connectivity index (χ3n) is 4.53. The van der Waals surface area contributed by atoms with Gasteiger partial charge in [0.1, 0.15) is 0 Å². The van der Waals surface area contributed by atoms with E-state index in [0.29, 0.717) is 24.6 Å². The van der Waals surface area contributed by atoms with Gasteiger partial charge in [0.2, 0.25) is 5.91 Å². The van der Waals surface area contributed by atoms with Crippen LogP contribution in [-0.2, 0) is 9.59 Å². The topological polar surface area (TPSA) is 78.2 Å². The summed E-state index contributed by atoms with van der Waals surface area (Å²) in [5.74, 6) is -2.25. The number of ketones is 2. The van der Waals surface area contributed by atoms with E-state index in [4.69, 9.17) is 0 Å². The van der Waals surface area contributed by atoms with Gasteiger partial charge in [0.25, 0.3) is 0 Å². The van der Waals surface area contributed by atoms with Gasteiger partial charge in [0.05, 0.1) is 6.07 Å². The molecule has 118 valence electrons. The summed E-state index contributed by atoms with van der Waals surface area (Å²) in [7, 11) is 0. The zero-order valence-electron chi connectivity index (χ0n) is 12.8. The Morgan fingerprint density at radius 1 is 1.26 bits per heavy atom. The Morgan fingerprint density at radius 2 is 1.96 bits per heavy atom. The predicted octanol–water partition coefficient (Wildman–Crippen LogP) is 1.84. The van der Waals surface area contributed by atoms with Gasteiger partial charge in [-0.15, -0.1) is 0 Å². The number of Topliss-reactive ketones (excluding diaryl/α,β-unsaturated/α-hetero) is 2. The molecule has 1 aliphatic carbocycles. The zero-order valence-corrected chi connectivity index (χ0v) is 12.8. The molecule has 0 unspecified atom stereocenters. The lowest BCUT2D eigenvalue weighted by Crippen LogP contribution is -2.32.